The number of phenols is 2. The number of H-pyrrole nitrogens is 2. The van der Waals surface area contributed by atoms with Gasteiger partial charge in [0.05, 0.1) is 0 Å². The molecule has 0 saturated heterocycles. The van der Waals surface area contributed by atoms with Crippen LogP contribution in [0.25, 0.3) is 21.5 Å². The number of aryl methyl sites for hydroxylation is 12. The second kappa shape index (κ2) is 30.1. The van der Waals surface area contributed by atoms with Crippen molar-refractivity contribution in [1.82, 2.24) is 9.97 Å². The van der Waals surface area contributed by atoms with Gasteiger partial charge in [0.1, 0.15) is 86.2 Å². The summed E-state index contributed by atoms with van der Waals surface area (Å²) in [6.07, 6.45) is 2.26. The fourth-order valence-electron chi connectivity index (χ4n) is 14.9. The molecule has 13 aromatic rings. The number of amidine groups is 3. The van der Waals surface area contributed by atoms with Crippen molar-refractivity contribution in [3.8, 4) is 80.5 Å². The number of hydrogen-bond acceptors (Lipinski definition) is 16. The van der Waals surface area contributed by atoms with Gasteiger partial charge in [-0.1, -0.05) is 163 Å². The molecule has 0 aliphatic carbocycles. The molecule has 1 unspecified atom stereocenters. The lowest BCUT2D eigenvalue weighted by atomic mass is 9.86. The highest BCUT2D eigenvalue weighted by Crippen LogP contribution is 2.50. The zero-order valence-electron chi connectivity index (χ0n) is 68.5. The molecule has 1 atom stereocenters. The van der Waals surface area contributed by atoms with Gasteiger partial charge in [0, 0.05) is 56.2 Å². The van der Waals surface area contributed by atoms with Crippen molar-refractivity contribution in [2.75, 3.05) is 5.32 Å². The van der Waals surface area contributed by atoms with E-state index in [0.717, 1.165) is 77.9 Å². The maximum Gasteiger partial charge on any atom is 0.184 e. The number of aromatic nitrogens is 2. The van der Waals surface area contributed by atoms with Crippen LogP contribution in [0.2, 0.25) is 0 Å². The number of fused-ring (bicyclic) bond motifs is 15. The van der Waals surface area contributed by atoms with Gasteiger partial charge in [-0.25, -0.2) is 34.9 Å². The molecule has 5 N–H and O–H groups in total. The number of nitrogens with zero attached hydrogens (tertiary/aromatic N) is 7. The first-order valence-corrected chi connectivity index (χ1v) is 38.9. The summed E-state index contributed by atoms with van der Waals surface area (Å²) in [5.74, 6) is 7.57. The van der Waals surface area contributed by atoms with Crippen molar-refractivity contribution in [2.45, 2.75) is 142 Å². The number of aliphatic imine (C=N–C) groups is 5. The fourth-order valence-corrected chi connectivity index (χ4v) is 14.9. The quantitative estimate of drug-likeness (QED) is 0.0579. The van der Waals surface area contributed by atoms with Gasteiger partial charge in [-0.05, 0) is 232 Å². The summed E-state index contributed by atoms with van der Waals surface area (Å²) in [5.41, 5.74) is 15.4. The lowest BCUT2D eigenvalue weighted by Gasteiger charge is -2.20. The first kappa shape index (κ1) is 76.4. The summed E-state index contributed by atoms with van der Waals surface area (Å²) in [7, 11) is 0. The Bertz CT molecular complexity index is 6470. The summed E-state index contributed by atoms with van der Waals surface area (Å²) in [5, 5.41) is 29.9. The number of rotatable bonds is 16. The van der Waals surface area contributed by atoms with Crippen LogP contribution < -0.4 is 44.7 Å². The molecule has 5 heterocycles. The minimum Gasteiger partial charge on any atom is -0.507 e. The van der Waals surface area contributed by atoms with E-state index in [1.54, 1.807) is 24.6 Å². The minimum atomic E-state index is -0.922. The maximum absolute atomic E-state index is 11.8. The lowest BCUT2D eigenvalue weighted by molar-refractivity contribution is 0.412. The van der Waals surface area contributed by atoms with Gasteiger partial charge in [0.2, 0.25) is 0 Å². The van der Waals surface area contributed by atoms with Crippen LogP contribution in [0.3, 0.4) is 0 Å². The van der Waals surface area contributed by atoms with Crippen molar-refractivity contribution in [1.29, 1.82) is 0 Å². The Kier molecular flexibility index (Phi) is 19.8. The van der Waals surface area contributed by atoms with Crippen LogP contribution in [-0.4, -0.2) is 50.1 Å². The van der Waals surface area contributed by atoms with E-state index in [1.807, 2.05) is 253 Å². The van der Waals surface area contributed by atoms with Gasteiger partial charge < -0.3 is 53.9 Å². The highest BCUT2D eigenvalue weighted by molar-refractivity contribution is 6.23. The molecule has 0 saturated carbocycles. The van der Waals surface area contributed by atoms with Gasteiger partial charge in [0.15, 0.2) is 52.0 Å². The number of para-hydroxylation sites is 6. The van der Waals surface area contributed by atoms with Crippen LogP contribution in [0.15, 0.2) is 228 Å². The lowest BCUT2D eigenvalue weighted by Crippen LogP contribution is -2.15. The van der Waals surface area contributed by atoms with E-state index < -0.39 is 6.17 Å². The SMILES string of the molecule is Cc1cccc(C)c1Oc1cc2c(cc1Oc1c(C)cccc1C)C1N=C2N=c2[nH]c(c3cc(Oc4c(C)cccc4C)c(Oc4c(C)cccc4C)cc23)=NC2=N/C(=N\c3[nH]c(c4cc(Oc5c(C)cccc5C)c(Oc5c(C)cccc5C)cc34)N1)C(N=Cc1cc(C(C)(C)C)ccc1O)=C2N=Cc1cc(C(C)(C)C)ccc1O. The Morgan fingerprint density at radius 2 is 0.664 bits per heavy atom. The Morgan fingerprint density at radius 1 is 0.345 bits per heavy atom. The number of aromatic amines is 2. The third-order valence-corrected chi connectivity index (χ3v) is 21.6. The normalized spacial score (nSPS) is 14.5. The number of benzene rings is 11. The molecular formula is C98H92N10O8. The molecule has 3 aliphatic rings. The molecule has 0 amide bonds. The Hall–Kier alpha value is -13.6. The first-order chi connectivity index (χ1) is 55.5. The van der Waals surface area contributed by atoms with Crippen molar-refractivity contribution in [2.24, 2.45) is 34.9 Å². The number of phenolic OH excluding ortho intramolecular Hbond substituents is 2. The van der Waals surface area contributed by atoms with Crippen LogP contribution in [0.4, 0.5) is 11.6 Å². The van der Waals surface area contributed by atoms with Gasteiger partial charge in [0.25, 0.3) is 0 Å². The van der Waals surface area contributed by atoms with Gasteiger partial charge >= 0.3 is 0 Å². The summed E-state index contributed by atoms with van der Waals surface area (Å²) in [6, 6.07) is 59.0. The second-order valence-corrected chi connectivity index (χ2v) is 32.5. The number of ether oxygens (including phenoxy) is 6. The third kappa shape index (κ3) is 14.9. The number of aromatic hydroxyl groups is 2. The molecule has 2 aromatic heterocycles. The van der Waals surface area contributed by atoms with Crippen molar-refractivity contribution >= 4 is 63.1 Å². The van der Waals surface area contributed by atoms with Crippen molar-refractivity contribution in [3.63, 3.8) is 0 Å². The summed E-state index contributed by atoms with van der Waals surface area (Å²) >= 11 is 0. The Morgan fingerprint density at radius 3 is 1.03 bits per heavy atom. The zero-order valence-corrected chi connectivity index (χ0v) is 68.5. The van der Waals surface area contributed by atoms with E-state index in [0.29, 0.717) is 136 Å². The Balaban J connectivity index is 1.04. The molecule has 0 fully saturated rings. The third-order valence-electron chi connectivity index (χ3n) is 21.6. The van der Waals surface area contributed by atoms with Gasteiger partial charge in [-0.15, -0.1) is 0 Å². The van der Waals surface area contributed by atoms with E-state index in [4.69, 9.17) is 63.4 Å². The smallest absolute Gasteiger partial charge is 0.184 e. The molecule has 18 heteroatoms. The summed E-state index contributed by atoms with van der Waals surface area (Å²) in [6.45, 7) is 36.9. The predicted molar refractivity (Wildman–Crippen MR) is 465 cm³/mol. The van der Waals surface area contributed by atoms with E-state index in [1.165, 1.54) is 0 Å². The molecule has 116 heavy (non-hydrogen) atoms. The molecule has 0 radical (unpaired) electrons. The average molecular weight is 1540 g/mol. The molecule has 16 rings (SSSR count). The van der Waals surface area contributed by atoms with Crippen LogP contribution in [-0.2, 0) is 10.8 Å². The highest BCUT2D eigenvalue weighted by atomic mass is 16.5. The highest BCUT2D eigenvalue weighted by Gasteiger charge is 2.34. The van der Waals surface area contributed by atoms with E-state index in [2.05, 4.69) is 56.8 Å². The molecule has 8 bridgehead atoms. The largest absolute Gasteiger partial charge is 0.507 e. The van der Waals surface area contributed by atoms with Gasteiger partial charge in [-0.2, -0.15) is 0 Å². The molecule has 11 aromatic carbocycles. The van der Waals surface area contributed by atoms with Crippen LogP contribution in [0, 0.1) is 83.1 Å². The zero-order chi connectivity index (χ0) is 81.5. The first-order valence-electron chi connectivity index (χ1n) is 38.9. The molecule has 0 spiro atoms. The molecular weight excluding hydrogens is 1450 g/mol. The summed E-state index contributed by atoms with van der Waals surface area (Å²) in [4.78, 5) is 46.2. The predicted octanol–water partition coefficient (Wildman–Crippen LogP) is 23.8. The molecule has 3 aliphatic heterocycles. The second-order valence-electron chi connectivity index (χ2n) is 32.5. The summed E-state index contributed by atoms with van der Waals surface area (Å²) < 4.78 is 43.1. The van der Waals surface area contributed by atoms with Crippen LogP contribution in [0.5, 0.6) is 80.5 Å². The standard InChI is InChI=1S/C98H92N10O8/c1-51-25-19-26-52(2)83(51)111-75-43-67-68(44-76(75)112-84-53(3)27-20-28-54(84)4)90-101-89(67)102-91-69-45-77(113-85-55(5)29-21-30-56(85)6)79(115-87-59(9)33-23-34-60(87)10)47-71(69)93(104-91)106-95-81(99-49-63-41-65(97(13,14)15)37-39-73(63)109)82(100-50-64-42-66(98(16,17)18)38-40-74(64)110)96(108-95)107-94-72-48-80(116-88-61(11)35-24-36-62(88)12)78(46-70(72)92(103-90)105-94)114-86-57(7)31-22-32-58(86)8/h19-50,89,102,104,109-110H,1-18H3,(H,101,103,105,106,107,108). The topological polar surface area (TPSA) is 226 Å². The molecule has 18 nitrogen and oxygen atoms in total. The van der Waals surface area contributed by atoms with Crippen molar-refractivity contribution < 1.29 is 38.6 Å². The monoisotopic (exact) mass is 1540 g/mol. The van der Waals surface area contributed by atoms with Crippen LogP contribution >= 0.6 is 0 Å². The van der Waals surface area contributed by atoms with Crippen LogP contribution in [0.1, 0.15) is 148 Å². The minimum absolute atomic E-state index is 0.00665. The van der Waals surface area contributed by atoms with Gasteiger partial charge in [-0.3, -0.25) is 0 Å². The van der Waals surface area contributed by atoms with E-state index >= 15 is 0 Å². The van der Waals surface area contributed by atoms with E-state index in [-0.39, 0.29) is 50.9 Å². The number of hydrogen-bond donors (Lipinski definition) is 5. The fraction of sp³-hybridized carbons (Fsp3) is 0.214. The average Bonchev–Trinajstić information content (AvgIpc) is 1.58. The Labute approximate surface area is 674 Å². The number of anilines is 1. The maximum atomic E-state index is 11.8. The molecule has 582 valence electrons. The number of nitrogens with one attached hydrogen (secondary N) is 3. The van der Waals surface area contributed by atoms with Crippen molar-refractivity contribution in [3.05, 3.63) is 305 Å². The van der Waals surface area contributed by atoms with E-state index in [9.17, 15) is 10.2 Å².